The molecule has 0 aliphatic carbocycles. The Labute approximate surface area is 97.3 Å². The van der Waals surface area contributed by atoms with Crippen LogP contribution in [-0.4, -0.2) is 20.9 Å². The monoisotopic (exact) mass is 234 g/mol. The van der Waals surface area contributed by atoms with Crippen molar-refractivity contribution in [2.45, 2.75) is 6.92 Å². The van der Waals surface area contributed by atoms with Crippen molar-refractivity contribution in [2.75, 3.05) is 0 Å². The summed E-state index contributed by atoms with van der Waals surface area (Å²) in [6, 6.07) is 4.62. The van der Waals surface area contributed by atoms with E-state index in [0.717, 1.165) is 0 Å². The van der Waals surface area contributed by atoms with E-state index in [1.807, 2.05) is 0 Å². The van der Waals surface area contributed by atoms with Crippen LogP contribution in [0, 0.1) is 12.7 Å². The Hall–Kier alpha value is -2.17. The van der Waals surface area contributed by atoms with E-state index in [4.69, 9.17) is 5.11 Å². The molecule has 0 saturated carbocycles. The van der Waals surface area contributed by atoms with Crippen LogP contribution in [0.4, 0.5) is 4.39 Å². The molecule has 0 radical (unpaired) electrons. The maximum Gasteiger partial charge on any atom is 0.339 e. The molecule has 2 rings (SSSR count). The van der Waals surface area contributed by atoms with Crippen LogP contribution in [-0.2, 0) is 7.05 Å². The minimum absolute atomic E-state index is 0.0655. The van der Waals surface area contributed by atoms with Gasteiger partial charge in [0.25, 0.3) is 0 Å². The average Bonchev–Trinajstić information content (AvgIpc) is 2.64. The lowest BCUT2D eigenvalue weighted by Crippen LogP contribution is -2.01. The molecular formula is C12H11FN2O2. The highest BCUT2D eigenvalue weighted by Crippen LogP contribution is 2.24. The third kappa shape index (κ3) is 1.91. The molecule has 0 aliphatic heterocycles. The minimum Gasteiger partial charge on any atom is -0.478 e. The largest absolute Gasteiger partial charge is 0.478 e. The van der Waals surface area contributed by atoms with Crippen molar-refractivity contribution < 1.29 is 14.3 Å². The highest BCUT2D eigenvalue weighted by atomic mass is 19.1. The number of aromatic carboxylic acids is 1. The van der Waals surface area contributed by atoms with Gasteiger partial charge in [-0.15, -0.1) is 0 Å². The summed E-state index contributed by atoms with van der Waals surface area (Å²) < 4.78 is 14.9. The van der Waals surface area contributed by atoms with Crippen LogP contribution >= 0.6 is 0 Å². The summed E-state index contributed by atoms with van der Waals surface area (Å²) in [6.45, 7) is 1.65. The molecule has 5 heteroatoms. The summed E-state index contributed by atoms with van der Waals surface area (Å²) in [5.41, 5.74) is 1.49. The fraction of sp³-hybridized carbons (Fsp3) is 0.167. The molecule has 88 valence electrons. The Morgan fingerprint density at radius 3 is 2.76 bits per heavy atom. The Morgan fingerprint density at radius 2 is 2.18 bits per heavy atom. The normalized spacial score (nSPS) is 10.5. The molecule has 17 heavy (non-hydrogen) atoms. The fourth-order valence-electron chi connectivity index (χ4n) is 1.68. The zero-order valence-corrected chi connectivity index (χ0v) is 9.44. The topological polar surface area (TPSA) is 55.1 Å². The standard InChI is InChI=1S/C12H11FN2O2/c1-7-3-4-8(5-10(7)13)11-9(12(16)17)6-14-15(11)2/h3-6H,1-2H3,(H,16,17). The number of hydrogen-bond donors (Lipinski definition) is 1. The van der Waals surface area contributed by atoms with Crippen LogP contribution in [0.2, 0.25) is 0 Å². The first-order valence-electron chi connectivity index (χ1n) is 5.02. The van der Waals surface area contributed by atoms with Crippen molar-refractivity contribution in [3.8, 4) is 11.3 Å². The Morgan fingerprint density at radius 1 is 1.47 bits per heavy atom. The smallest absolute Gasteiger partial charge is 0.339 e. The van der Waals surface area contributed by atoms with Crippen LogP contribution in [0.1, 0.15) is 15.9 Å². The van der Waals surface area contributed by atoms with Gasteiger partial charge in [0.1, 0.15) is 11.4 Å². The second kappa shape index (κ2) is 4.01. The maximum absolute atomic E-state index is 13.5. The lowest BCUT2D eigenvalue weighted by Gasteiger charge is -2.05. The third-order valence-electron chi connectivity index (χ3n) is 2.61. The highest BCUT2D eigenvalue weighted by molar-refractivity contribution is 5.94. The summed E-state index contributed by atoms with van der Waals surface area (Å²) in [5, 5.41) is 12.9. The molecule has 4 nitrogen and oxygen atoms in total. The van der Waals surface area contributed by atoms with Gasteiger partial charge in [0.2, 0.25) is 0 Å². The van der Waals surface area contributed by atoms with Crippen molar-refractivity contribution in [3.63, 3.8) is 0 Å². The molecule has 0 aliphatic rings. The third-order valence-corrected chi connectivity index (χ3v) is 2.61. The predicted molar refractivity (Wildman–Crippen MR) is 60.3 cm³/mol. The summed E-state index contributed by atoms with van der Waals surface area (Å²) >= 11 is 0. The van der Waals surface area contributed by atoms with E-state index in [0.29, 0.717) is 16.8 Å². The molecule has 0 unspecified atom stereocenters. The number of halogens is 1. The maximum atomic E-state index is 13.5. The van der Waals surface area contributed by atoms with Crippen LogP contribution in [0.3, 0.4) is 0 Å². The molecule has 1 aromatic heterocycles. The molecule has 1 N–H and O–H groups in total. The van der Waals surface area contributed by atoms with Gasteiger partial charge in [-0.1, -0.05) is 12.1 Å². The molecule has 0 fully saturated rings. The number of nitrogens with zero attached hydrogens (tertiary/aromatic N) is 2. The summed E-state index contributed by atoms with van der Waals surface area (Å²) in [5.74, 6) is -1.44. The SMILES string of the molecule is Cc1ccc(-c2c(C(=O)O)cnn2C)cc1F. The number of rotatable bonds is 2. The predicted octanol–water partition coefficient (Wildman–Crippen LogP) is 2.23. The van der Waals surface area contributed by atoms with E-state index in [1.54, 1.807) is 26.1 Å². The number of aromatic nitrogens is 2. The van der Waals surface area contributed by atoms with Crippen LogP contribution in [0.5, 0.6) is 0 Å². The quantitative estimate of drug-likeness (QED) is 0.866. The summed E-state index contributed by atoms with van der Waals surface area (Å²) in [7, 11) is 1.62. The Bertz CT molecular complexity index is 590. The Balaban J connectivity index is 2.63. The first-order valence-corrected chi connectivity index (χ1v) is 5.02. The molecule has 0 amide bonds. The molecule has 0 atom stereocenters. The first kappa shape index (κ1) is 11.3. The highest BCUT2D eigenvalue weighted by Gasteiger charge is 2.17. The van der Waals surface area contributed by atoms with Gasteiger partial charge in [-0.05, 0) is 18.6 Å². The van der Waals surface area contributed by atoms with E-state index in [9.17, 15) is 9.18 Å². The number of carbonyl (C=O) groups is 1. The van der Waals surface area contributed by atoms with Gasteiger partial charge >= 0.3 is 5.97 Å². The van der Waals surface area contributed by atoms with Crippen molar-refractivity contribution >= 4 is 5.97 Å². The summed E-state index contributed by atoms with van der Waals surface area (Å²) in [6.07, 6.45) is 1.26. The van der Waals surface area contributed by atoms with E-state index < -0.39 is 5.97 Å². The van der Waals surface area contributed by atoms with Gasteiger partial charge in [-0.3, -0.25) is 4.68 Å². The second-order valence-corrected chi connectivity index (χ2v) is 3.80. The number of hydrogen-bond acceptors (Lipinski definition) is 2. The van der Waals surface area contributed by atoms with Gasteiger partial charge in [0.15, 0.2) is 0 Å². The van der Waals surface area contributed by atoms with E-state index in [2.05, 4.69) is 5.10 Å². The van der Waals surface area contributed by atoms with Crippen LogP contribution in [0.15, 0.2) is 24.4 Å². The van der Waals surface area contributed by atoms with Crippen molar-refractivity contribution in [3.05, 3.63) is 41.3 Å². The van der Waals surface area contributed by atoms with E-state index in [1.165, 1.54) is 16.9 Å². The number of benzene rings is 1. The van der Waals surface area contributed by atoms with Gasteiger partial charge < -0.3 is 5.11 Å². The van der Waals surface area contributed by atoms with E-state index >= 15 is 0 Å². The van der Waals surface area contributed by atoms with Gasteiger partial charge in [-0.2, -0.15) is 5.10 Å². The Kier molecular flexibility index (Phi) is 2.67. The lowest BCUT2D eigenvalue weighted by atomic mass is 10.1. The molecule has 0 saturated heterocycles. The first-order chi connectivity index (χ1) is 8.00. The zero-order valence-electron chi connectivity index (χ0n) is 9.44. The molecular weight excluding hydrogens is 223 g/mol. The molecule has 1 heterocycles. The average molecular weight is 234 g/mol. The van der Waals surface area contributed by atoms with Gasteiger partial charge in [0.05, 0.1) is 11.9 Å². The number of carboxylic acid groups (broad SMARTS) is 1. The molecule has 2 aromatic rings. The number of aryl methyl sites for hydroxylation is 2. The molecule has 0 spiro atoms. The fourth-order valence-corrected chi connectivity index (χ4v) is 1.68. The van der Waals surface area contributed by atoms with Crippen LogP contribution < -0.4 is 0 Å². The van der Waals surface area contributed by atoms with Gasteiger partial charge in [-0.25, -0.2) is 9.18 Å². The number of carboxylic acids is 1. The lowest BCUT2D eigenvalue weighted by molar-refractivity contribution is 0.0697. The molecule has 1 aromatic carbocycles. The summed E-state index contributed by atoms with van der Waals surface area (Å²) in [4.78, 5) is 11.0. The van der Waals surface area contributed by atoms with E-state index in [-0.39, 0.29) is 11.4 Å². The second-order valence-electron chi connectivity index (χ2n) is 3.80. The zero-order chi connectivity index (χ0) is 12.6. The van der Waals surface area contributed by atoms with Crippen LogP contribution in [0.25, 0.3) is 11.3 Å². The van der Waals surface area contributed by atoms with Crippen molar-refractivity contribution in [1.82, 2.24) is 9.78 Å². The van der Waals surface area contributed by atoms with Crippen molar-refractivity contribution in [2.24, 2.45) is 7.05 Å². The van der Waals surface area contributed by atoms with Gasteiger partial charge in [0, 0.05) is 12.6 Å². The molecule has 0 bridgehead atoms. The minimum atomic E-state index is -1.07. The van der Waals surface area contributed by atoms with Crippen molar-refractivity contribution in [1.29, 1.82) is 0 Å².